The topological polar surface area (TPSA) is 43.6 Å². The van der Waals surface area contributed by atoms with E-state index in [-0.39, 0.29) is 0 Å². The molecular formula is C37H22N4S2. The summed E-state index contributed by atoms with van der Waals surface area (Å²) in [5, 5.41) is 3.86. The molecule has 0 saturated carbocycles. The molecule has 9 rings (SSSR count). The van der Waals surface area contributed by atoms with Gasteiger partial charge in [-0.25, -0.2) is 15.0 Å². The first-order valence-corrected chi connectivity index (χ1v) is 15.8. The minimum Gasteiger partial charge on any atom is -0.301 e. The summed E-state index contributed by atoms with van der Waals surface area (Å²) in [5.41, 5.74) is 5.34. The Labute approximate surface area is 255 Å². The minimum absolute atomic E-state index is 0.672. The predicted molar refractivity (Wildman–Crippen MR) is 181 cm³/mol. The van der Waals surface area contributed by atoms with Crippen LogP contribution in [0.15, 0.2) is 133 Å². The van der Waals surface area contributed by atoms with Gasteiger partial charge in [-0.3, -0.25) is 0 Å². The van der Waals surface area contributed by atoms with Gasteiger partial charge in [0, 0.05) is 43.2 Å². The molecule has 0 N–H and O–H groups in total. The van der Waals surface area contributed by atoms with Gasteiger partial charge >= 0.3 is 0 Å². The first-order valence-electron chi connectivity index (χ1n) is 14.1. The molecule has 9 aromatic rings. The standard InChI is InChI=1S/C37H22N4S2/c1-4-12-23(13-5-1)34-38-35(24-14-6-2-7-15-24)40-36(39-34)25-20-21-30-28(22-25)32-33(42-30)31-27-18-10-11-19-29(27)41(37(31)43-32)26-16-8-3-9-17-26/h1-22H. The number of benzene rings is 5. The van der Waals surface area contributed by atoms with Gasteiger partial charge in [0.05, 0.1) is 14.9 Å². The summed E-state index contributed by atoms with van der Waals surface area (Å²) >= 11 is 3.74. The SMILES string of the molecule is c1ccc(-c2nc(-c3ccccc3)nc(-c3ccc4sc5c(sc6c5c5ccccc5n6-c5ccccc5)c4c3)n2)cc1. The van der Waals surface area contributed by atoms with Gasteiger partial charge in [0.2, 0.25) is 0 Å². The lowest BCUT2D eigenvalue weighted by Gasteiger charge is -2.08. The predicted octanol–water partition coefficient (Wildman–Crippen LogP) is 10.4. The first-order chi connectivity index (χ1) is 21.3. The van der Waals surface area contributed by atoms with Crippen LogP contribution in [0.25, 0.3) is 80.5 Å². The van der Waals surface area contributed by atoms with Gasteiger partial charge in [-0.1, -0.05) is 97.1 Å². The van der Waals surface area contributed by atoms with Gasteiger partial charge < -0.3 is 4.57 Å². The smallest absolute Gasteiger partial charge is 0.164 e. The summed E-state index contributed by atoms with van der Waals surface area (Å²) in [6, 6.07) is 46.3. The third-order valence-electron chi connectivity index (χ3n) is 7.87. The molecule has 6 heteroatoms. The van der Waals surface area contributed by atoms with Crippen molar-refractivity contribution < 1.29 is 0 Å². The number of para-hydroxylation sites is 2. The van der Waals surface area contributed by atoms with Gasteiger partial charge in [-0.05, 0) is 36.4 Å². The molecule has 202 valence electrons. The molecule has 0 radical (unpaired) electrons. The highest BCUT2D eigenvalue weighted by Gasteiger charge is 2.21. The molecule has 4 nitrogen and oxygen atoms in total. The molecule has 0 unspecified atom stereocenters. The number of thiophene rings is 2. The number of hydrogen-bond donors (Lipinski definition) is 0. The molecule has 4 aromatic heterocycles. The zero-order chi connectivity index (χ0) is 28.3. The van der Waals surface area contributed by atoms with E-state index in [1.54, 1.807) is 0 Å². The maximum Gasteiger partial charge on any atom is 0.164 e. The van der Waals surface area contributed by atoms with Gasteiger partial charge in [-0.2, -0.15) is 0 Å². The molecule has 0 aliphatic heterocycles. The average molecular weight is 587 g/mol. The Hall–Kier alpha value is -5.17. The highest BCUT2D eigenvalue weighted by molar-refractivity contribution is 7.36. The van der Waals surface area contributed by atoms with Crippen molar-refractivity contribution in [2.45, 2.75) is 0 Å². The molecule has 0 amide bonds. The zero-order valence-electron chi connectivity index (χ0n) is 22.8. The summed E-state index contributed by atoms with van der Waals surface area (Å²) < 4.78 is 6.32. The van der Waals surface area contributed by atoms with E-state index in [9.17, 15) is 0 Å². The van der Waals surface area contributed by atoms with Crippen LogP contribution in [-0.4, -0.2) is 19.5 Å². The number of nitrogens with zero attached hydrogens (tertiary/aromatic N) is 4. The van der Waals surface area contributed by atoms with E-state index in [1.165, 1.54) is 46.3 Å². The maximum atomic E-state index is 4.98. The van der Waals surface area contributed by atoms with Gasteiger partial charge in [0.25, 0.3) is 0 Å². The normalized spacial score (nSPS) is 11.7. The van der Waals surface area contributed by atoms with Crippen LogP contribution < -0.4 is 0 Å². The minimum atomic E-state index is 0.672. The number of aromatic nitrogens is 4. The summed E-state index contributed by atoms with van der Waals surface area (Å²) in [6.07, 6.45) is 0. The van der Waals surface area contributed by atoms with Crippen LogP contribution in [0.4, 0.5) is 0 Å². The molecule has 0 aliphatic carbocycles. The van der Waals surface area contributed by atoms with E-state index in [2.05, 4.69) is 77.4 Å². The second-order valence-corrected chi connectivity index (χ2v) is 12.5. The van der Waals surface area contributed by atoms with Crippen LogP contribution in [0.3, 0.4) is 0 Å². The van der Waals surface area contributed by atoms with E-state index in [0.717, 1.165) is 16.7 Å². The summed E-state index contributed by atoms with van der Waals surface area (Å²) in [7, 11) is 0. The van der Waals surface area contributed by atoms with Crippen molar-refractivity contribution in [1.82, 2.24) is 19.5 Å². The van der Waals surface area contributed by atoms with E-state index < -0.39 is 0 Å². The third-order valence-corrected chi connectivity index (χ3v) is 10.4. The van der Waals surface area contributed by atoms with Crippen molar-refractivity contribution in [1.29, 1.82) is 0 Å². The van der Waals surface area contributed by atoms with E-state index >= 15 is 0 Å². The molecule has 0 aliphatic rings. The van der Waals surface area contributed by atoms with Crippen LogP contribution in [0.1, 0.15) is 0 Å². The molecule has 0 atom stereocenters. The van der Waals surface area contributed by atoms with Crippen molar-refractivity contribution in [3.05, 3.63) is 133 Å². The van der Waals surface area contributed by atoms with Gasteiger partial charge in [0.1, 0.15) is 4.83 Å². The zero-order valence-corrected chi connectivity index (χ0v) is 24.4. The van der Waals surface area contributed by atoms with Crippen molar-refractivity contribution in [3.8, 4) is 39.9 Å². The molecule has 5 aromatic carbocycles. The summed E-state index contributed by atoms with van der Waals surface area (Å²) in [5.74, 6) is 2.02. The number of rotatable bonds is 4. The highest BCUT2D eigenvalue weighted by Crippen LogP contribution is 2.49. The lowest BCUT2D eigenvalue weighted by molar-refractivity contribution is 1.07. The van der Waals surface area contributed by atoms with Crippen molar-refractivity contribution >= 4 is 63.3 Å². The Bertz CT molecular complexity index is 2380. The molecule has 0 fully saturated rings. The van der Waals surface area contributed by atoms with Crippen LogP contribution in [0.5, 0.6) is 0 Å². The summed E-state index contributed by atoms with van der Waals surface area (Å²) in [6.45, 7) is 0. The Balaban J connectivity index is 1.28. The Morgan fingerprint density at radius 1 is 0.465 bits per heavy atom. The molecule has 4 heterocycles. The molecule has 0 spiro atoms. The fourth-order valence-electron chi connectivity index (χ4n) is 5.88. The quantitative estimate of drug-likeness (QED) is 0.206. The third kappa shape index (κ3) is 3.91. The van der Waals surface area contributed by atoms with Crippen LogP contribution in [0.2, 0.25) is 0 Å². The average Bonchev–Trinajstić information content (AvgIpc) is 3.72. The maximum absolute atomic E-state index is 4.98. The van der Waals surface area contributed by atoms with E-state index in [1.807, 2.05) is 83.3 Å². The first kappa shape index (κ1) is 24.4. The van der Waals surface area contributed by atoms with Crippen molar-refractivity contribution in [2.75, 3.05) is 0 Å². The van der Waals surface area contributed by atoms with Gasteiger partial charge in [-0.15, -0.1) is 22.7 Å². The second-order valence-electron chi connectivity index (χ2n) is 10.5. The Kier molecular flexibility index (Phi) is 5.51. The largest absolute Gasteiger partial charge is 0.301 e. The van der Waals surface area contributed by atoms with Crippen LogP contribution in [0, 0.1) is 0 Å². The van der Waals surface area contributed by atoms with E-state index in [4.69, 9.17) is 15.0 Å². The Morgan fingerprint density at radius 3 is 1.72 bits per heavy atom. The van der Waals surface area contributed by atoms with Crippen LogP contribution >= 0.6 is 22.7 Å². The van der Waals surface area contributed by atoms with Crippen molar-refractivity contribution in [3.63, 3.8) is 0 Å². The molecule has 43 heavy (non-hydrogen) atoms. The summed E-state index contributed by atoms with van der Waals surface area (Å²) in [4.78, 5) is 16.1. The van der Waals surface area contributed by atoms with Crippen molar-refractivity contribution in [2.24, 2.45) is 0 Å². The van der Waals surface area contributed by atoms with E-state index in [0.29, 0.717) is 17.5 Å². The lowest BCUT2D eigenvalue weighted by Crippen LogP contribution is -1.99. The lowest BCUT2D eigenvalue weighted by atomic mass is 10.1. The molecular weight excluding hydrogens is 565 g/mol. The van der Waals surface area contributed by atoms with Crippen LogP contribution in [-0.2, 0) is 0 Å². The van der Waals surface area contributed by atoms with Gasteiger partial charge in [0.15, 0.2) is 17.5 Å². The number of hydrogen-bond acceptors (Lipinski definition) is 5. The fourth-order valence-corrected chi connectivity index (χ4v) is 8.67. The fraction of sp³-hybridized carbons (Fsp3) is 0. The highest BCUT2D eigenvalue weighted by atomic mass is 32.1. The molecule has 0 saturated heterocycles. The Morgan fingerprint density at radius 2 is 1.05 bits per heavy atom. The monoisotopic (exact) mass is 586 g/mol. The number of fused-ring (bicyclic) bond motifs is 7. The molecule has 0 bridgehead atoms. The second kappa shape index (κ2) is 9.70.